The Kier molecular flexibility index (Phi) is 7.90. The molecule has 188 valence electrons. The first kappa shape index (κ1) is 25.2. The lowest BCUT2D eigenvalue weighted by Crippen LogP contribution is -2.40. The van der Waals surface area contributed by atoms with E-state index in [0.29, 0.717) is 24.5 Å². The minimum atomic E-state index is -3.77. The van der Waals surface area contributed by atoms with Crippen LogP contribution in [0.15, 0.2) is 78.9 Å². The van der Waals surface area contributed by atoms with E-state index in [1.165, 1.54) is 0 Å². The minimum absolute atomic E-state index is 0.178. The first-order chi connectivity index (χ1) is 17.3. The van der Waals surface area contributed by atoms with Gasteiger partial charge in [0, 0.05) is 26.1 Å². The highest BCUT2D eigenvalue weighted by Crippen LogP contribution is 2.33. The van der Waals surface area contributed by atoms with Gasteiger partial charge in [-0.15, -0.1) is 0 Å². The lowest BCUT2D eigenvalue weighted by molar-refractivity contribution is -0.128. The lowest BCUT2D eigenvalue weighted by Gasteiger charge is -2.24. The van der Waals surface area contributed by atoms with Crippen molar-refractivity contribution in [1.29, 1.82) is 0 Å². The van der Waals surface area contributed by atoms with E-state index in [9.17, 15) is 18.0 Å². The minimum Gasteiger partial charge on any atom is -0.455 e. The van der Waals surface area contributed by atoms with Crippen LogP contribution in [0.4, 0.5) is 5.69 Å². The molecule has 0 bridgehead atoms. The summed E-state index contributed by atoms with van der Waals surface area (Å²) in [4.78, 5) is 26.4. The SMILES string of the molecule is CS(=O)(=O)N(CC(=O)NCc1ccc(CN2CCCC2=O)cc1)c1ccccc1Oc1ccccc1. The average molecular weight is 508 g/mol. The summed E-state index contributed by atoms with van der Waals surface area (Å²) in [5, 5.41) is 2.79. The highest BCUT2D eigenvalue weighted by atomic mass is 32.2. The number of carbonyl (C=O) groups is 2. The van der Waals surface area contributed by atoms with Crippen LogP contribution in [0.25, 0.3) is 0 Å². The summed E-state index contributed by atoms with van der Waals surface area (Å²) in [5.74, 6) is 0.619. The number of para-hydroxylation sites is 3. The molecule has 9 heteroatoms. The van der Waals surface area contributed by atoms with Gasteiger partial charge in [0.25, 0.3) is 0 Å². The van der Waals surface area contributed by atoms with Gasteiger partial charge in [0.2, 0.25) is 21.8 Å². The first-order valence-electron chi connectivity index (χ1n) is 11.7. The van der Waals surface area contributed by atoms with E-state index in [4.69, 9.17) is 4.74 Å². The number of ether oxygens (including phenoxy) is 1. The second kappa shape index (κ2) is 11.3. The number of hydrogen-bond donors (Lipinski definition) is 1. The number of carbonyl (C=O) groups excluding carboxylic acids is 2. The highest BCUT2D eigenvalue weighted by Gasteiger charge is 2.24. The number of sulfonamides is 1. The predicted octanol–water partition coefficient (Wildman–Crippen LogP) is 3.68. The molecule has 8 nitrogen and oxygen atoms in total. The zero-order valence-corrected chi connectivity index (χ0v) is 20.9. The molecule has 1 N–H and O–H groups in total. The van der Waals surface area contributed by atoms with Gasteiger partial charge in [-0.05, 0) is 41.8 Å². The zero-order chi connectivity index (χ0) is 25.5. The smallest absolute Gasteiger partial charge is 0.241 e. The Balaban J connectivity index is 1.40. The van der Waals surface area contributed by atoms with Crippen LogP contribution in [-0.4, -0.2) is 44.5 Å². The molecule has 0 aromatic heterocycles. The molecule has 3 aromatic rings. The van der Waals surface area contributed by atoms with E-state index in [2.05, 4.69) is 5.32 Å². The average Bonchev–Trinajstić information content (AvgIpc) is 3.27. The molecule has 1 saturated heterocycles. The van der Waals surface area contributed by atoms with Gasteiger partial charge < -0.3 is 15.0 Å². The molecule has 1 fully saturated rings. The normalized spacial score (nSPS) is 13.5. The van der Waals surface area contributed by atoms with Crippen LogP contribution in [0, 0.1) is 0 Å². The standard InChI is InChI=1S/C27H29N3O5S/c1-36(33,34)30(24-10-5-6-11-25(24)35-23-8-3-2-4-9-23)20-26(31)28-18-21-13-15-22(16-14-21)19-29-17-7-12-27(29)32/h2-6,8-11,13-16H,7,12,17-20H2,1H3,(H,28,31). The van der Waals surface area contributed by atoms with Crippen molar-refractivity contribution < 1.29 is 22.7 Å². The van der Waals surface area contributed by atoms with Gasteiger partial charge >= 0.3 is 0 Å². The van der Waals surface area contributed by atoms with E-state index >= 15 is 0 Å². The number of nitrogens with one attached hydrogen (secondary N) is 1. The molecule has 0 spiro atoms. The predicted molar refractivity (Wildman–Crippen MR) is 138 cm³/mol. The second-order valence-electron chi connectivity index (χ2n) is 8.66. The van der Waals surface area contributed by atoms with Crippen LogP contribution in [-0.2, 0) is 32.7 Å². The second-order valence-corrected chi connectivity index (χ2v) is 10.6. The van der Waals surface area contributed by atoms with E-state index in [-0.39, 0.29) is 24.7 Å². The Morgan fingerprint density at radius 1 is 0.972 bits per heavy atom. The summed E-state index contributed by atoms with van der Waals surface area (Å²) in [7, 11) is -3.77. The number of benzene rings is 3. The Hall–Kier alpha value is -3.85. The maximum Gasteiger partial charge on any atom is 0.241 e. The molecule has 1 aliphatic rings. The van der Waals surface area contributed by atoms with Gasteiger partial charge in [0.1, 0.15) is 12.3 Å². The summed E-state index contributed by atoms with van der Waals surface area (Å²) < 4.78 is 32.2. The van der Waals surface area contributed by atoms with Crippen molar-refractivity contribution in [3.05, 3.63) is 90.0 Å². The van der Waals surface area contributed by atoms with Crippen molar-refractivity contribution in [2.45, 2.75) is 25.9 Å². The zero-order valence-electron chi connectivity index (χ0n) is 20.1. The van der Waals surface area contributed by atoms with Gasteiger partial charge in [-0.2, -0.15) is 0 Å². The molecule has 0 radical (unpaired) electrons. The molecule has 1 aliphatic heterocycles. The Bertz CT molecular complexity index is 1310. The number of amides is 2. The topological polar surface area (TPSA) is 96.0 Å². The summed E-state index contributed by atoms with van der Waals surface area (Å²) in [6.07, 6.45) is 2.57. The van der Waals surface area contributed by atoms with Crippen LogP contribution in [0.2, 0.25) is 0 Å². The first-order valence-corrected chi connectivity index (χ1v) is 13.6. The van der Waals surface area contributed by atoms with Crippen molar-refractivity contribution >= 4 is 27.5 Å². The van der Waals surface area contributed by atoms with E-state index in [1.54, 1.807) is 36.4 Å². The van der Waals surface area contributed by atoms with Crippen molar-refractivity contribution in [3.8, 4) is 11.5 Å². The Labute approximate surface area is 211 Å². The molecule has 2 amide bonds. The quantitative estimate of drug-likeness (QED) is 0.452. The third-order valence-corrected chi connectivity index (χ3v) is 6.98. The number of anilines is 1. The van der Waals surface area contributed by atoms with E-state index < -0.39 is 15.9 Å². The van der Waals surface area contributed by atoms with Crippen LogP contribution in [0.1, 0.15) is 24.0 Å². The Morgan fingerprint density at radius 3 is 2.31 bits per heavy atom. The van der Waals surface area contributed by atoms with Crippen LogP contribution in [0.5, 0.6) is 11.5 Å². The van der Waals surface area contributed by atoms with E-state index in [0.717, 1.165) is 34.7 Å². The fraction of sp³-hybridized carbons (Fsp3) is 0.259. The largest absolute Gasteiger partial charge is 0.455 e. The molecule has 36 heavy (non-hydrogen) atoms. The lowest BCUT2D eigenvalue weighted by atomic mass is 10.1. The monoisotopic (exact) mass is 507 g/mol. The summed E-state index contributed by atoms with van der Waals surface area (Å²) in [6, 6.07) is 23.4. The number of nitrogens with zero attached hydrogens (tertiary/aromatic N) is 2. The van der Waals surface area contributed by atoms with Crippen molar-refractivity contribution in [2.24, 2.45) is 0 Å². The molecule has 4 rings (SSSR count). The van der Waals surface area contributed by atoms with E-state index in [1.807, 2.05) is 47.4 Å². The highest BCUT2D eigenvalue weighted by molar-refractivity contribution is 7.92. The molecular formula is C27H29N3O5S. The molecule has 0 atom stereocenters. The Morgan fingerprint density at radius 2 is 1.64 bits per heavy atom. The number of hydrogen-bond acceptors (Lipinski definition) is 5. The van der Waals surface area contributed by atoms with Gasteiger partial charge in [-0.1, -0.05) is 54.6 Å². The van der Waals surface area contributed by atoms with Crippen LogP contribution < -0.4 is 14.4 Å². The molecule has 0 aliphatic carbocycles. The number of likely N-dealkylation sites (tertiary alicyclic amines) is 1. The molecular weight excluding hydrogens is 478 g/mol. The third kappa shape index (κ3) is 6.63. The summed E-state index contributed by atoms with van der Waals surface area (Å²) >= 11 is 0. The third-order valence-electron chi connectivity index (χ3n) is 5.85. The van der Waals surface area contributed by atoms with Crippen LogP contribution >= 0.6 is 0 Å². The van der Waals surface area contributed by atoms with Crippen molar-refractivity contribution in [2.75, 3.05) is 23.7 Å². The summed E-state index contributed by atoms with van der Waals surface area (Å²) in [5.41, 5.74) is 2.18. The van der Waals surface area contributed by atoms with Gasteiger partial charge in [-0.25, -0.2) is 8.42 Å². The molecule has 3 aromatic carbocycles. The molecule has 0 unspecified atom stereocenters. The van der Waals surface area contributed by atoms with Crippen LogP contribution in [0.3, 0.4) is 0 Å². The maximum atomic E-state index is 12.7. The fourth-order valence-electron chi connectivity index (χ4n) is 3.99. The van der Waals surface area contributed by atoms with Gasteiger partial charge in [-0.3, -0.25) is 13.9 Å². The summed E-state index contributed by atoms with van der Waals surface area (Å²) in [6.45, 7) is 1.23. The van der Waals surface area contributed by atoms with Crippen molar-refractivity contribution in [3.63, 3.8) is 0 Å². The molecule has 0 saturated carbocycles. The number of rotatable bonds is 10. The van der Waals surface area contributed by atoms with Crippen molar-refractivity contribution in [1.82, 2.24) is 10.2 Å². The molecule has 1 heterocycles. The van der Waals surface area contributed by atoms with Gasteiger partial charge in [0.05, 0.1) is 11.9 Å². The maximum absolute atomic E-state index is 12.7. The van der Waals surface area contributed by atoms with Gasteiger partial charge in [0.15, 0.2) is 5.75 Å². The fourth-order valence-corrected chi connectivity index (χ4v) is 4.85.